The highest BCUT2D eigenvalue weighted by atomic mass is 31.2. The number of carbonyl (C=O) groups excluding carboxylic acids is 1. The second-order valence-corrected chi connectivity index (χ2v) is 16.5. The van der Waals surface area contributed by atoms with Crippen LogP contribution in [0.1, 0.15) is 156 Å². The first-order chi connectivity index (χ1) is 27.8. The second-order valence-electron chi connectivity index (χ2n) is 14.9. The number of hydrogen-bond acceptors (Lipinski definition) is 10. The molecule has 0 spiro atoms. The van der Waals surface area contributed by atoms with Crippen molar-refractivity contribution in [1.82, 2.24) is 5.32 Å². The van der Waals surface area contributed by atoms with E-state index in [0.29, 0.717) is 12.8 Å². The zero-order valence-electron chi connectivity index (χ0n) is 36.5. The first-order valence-electron chi connectivity index (χ1n) is 22.1. The van der Waals surface area contributed by atoms with Crippen LogP contribution in [0, 0.1) is 0 Å². The minimum Gasteiger partial charge on any atom is -0.471 e. The smallest absolute Gasteiger partial charge is 0.471 e. The molecule has 1 saturated heterocycles. The molecule has 332 valence electrons. The highest BCUT2D eigenvalue weighted by Crippen LogP contribution is 2.52. The van der Waals surface area contributed by atoms with Crippen molar-refractivity contribution < 1.29 is 46.6 Å². The summed E-state index contributed by atoms with van der Waals surface area (Å²) in [6.07, 6.45) is 30.1. The van der Waals surface area contributed by atoms with Crippen molar-refractivity contribution >= 4 is 13.7 Å². The van der Waals surface area contributed by atoms with Gasteiger partial charge in [0.1, 0.15) is 24.4 Å². The van der Waals surface area contributed by atoms with Crippen molar-refractivity contribution in [3.8, 4) is 0 Å². The summed E-state index contributed by atoms with van der Waals surface area (Å²) in [5, 5.41) is 3.14. The van der Waals surface area contributed by atoms with Gasteiger partial charge in [-0.25, -0.2) is 4.57 Å². The Morgan fingerprint density at radius 2 is 1.37 bits per heavy atom. The third-order valence-corrected chi connectivity index (χ3v) is 11.4. The first kappa shape index (κ1) is 53.2. The molecule has 0 radical (unpaired) electrons. The first-order valence-corrected chi connectivity index (χ1v) is 23.6. The molecule has 0 aliphatic carbocycles. The van der Waals surface area contributed by atoms with Gasteiger partial charge in [-0.1, -0.05) is 128 Å². The average Bonchev–Trinajstić information content (AvgIpc) is 3.21. The van der Waals surface area contributed by atoms with E-state index in [1.54, 1.807) is 13.2 Å². The summed E-state index contributed by atoms with van der Waals surface area (Å²) in [7, 11) is -0.950. The summed E-state index contributed by atoms with van der Waals surface area (Å²) in [5.74, 6) is -0.160. The molecule has 1 N–H and O–H groups in total. The number of allylic oxidation sites excluding steroid dienone is 3. The lowest BCUT2D eigenvalue weighted by Gasteiger charge is -2.46. The Morgan fingerprint density at radius 3 is 1.95 bits per heavy atom. The van der Waals surface area contributed by atoms with E-state index in [1.165, 1.54) is 96.2 Å². The Morgan fingerprint density at radius 1 is 0.789 bits per heavy atom. The minimum absolute atomic E-state index is 0.0105. The maximum absolute atomic E-state index is 14.0. The number of hydrogen-bond donors (Lipinski definition) is 1. The summed E-state index contributed by atoms with van der Waals surface area (Å²) >= 11 is 0. The predicted molar refractivity (Wildman–Crippen MR) is 231 cm³/mol. The van der Waals surface area contributed by atoms with Gasteiger partial charge in [0, 0.05) is 27.2 Å². The number of phosphoric acid groups is 1. The van der Waals surface area contributed by atoms with E-state index in [9.17, 15) is 9.36 Å². The van der Waals surface area contributed by atoms with Gasteiger partial charge in [-0.3, -0.25) is 18.4 Å². The number of carbonyl (C=O) groups is 1. The molecule has 1 rings (SSSR count). The topological polar surface area (TPSA) is 120 Å². The van der Waals surface area contributed by atoms with Crippen molar-refractivity contribution in [2.24, 2.45) is 0 Å². The van der Waals surface area contributed by atoms with Crippen molar-refractivity contribution in [2.45, 2.75) is 192 Å². The largest absolute Gasteiger partial charge is 0.475 e. The van der Waals surface area contributed by atoms with E-state index < -0.39 is 38.5 Å². The monoisotopic (exact) mass is 828 g/mol. The van der Waals surface area contributed by atoms with Gasteiger partial charge < -0.3 is 29.0 Å². The number of phosphoric ester groups is 1. The zero-order chi connectivity index (χ0) is 41.8. The molecular formula is C45H82NO10P. The van der Waals surface area contributed by atoms with Crippen LogP contribution in [0.4, 0.5) is 0 Å². The maximum Gasteiger partial charge on any atom is 0.475 e. The average molecular weight is 828 g/mol. The van der Waals surface area contributed by atoms with E-state index in [4.69, 9.17) is 37.3 Å². The Bertz CT molecular complexity index is 1090. The van der Waals surface area contributed by atoms with Crippen molar-refractivity contribution in [1.29, 1.82) is 0 Å². The van der Waals surface area contributed by atoms with Crippen molar-refractivity contribution in [2.75, 3.05) is 40.6 Å². The van der Waals surface area contributed by atoms with E-state index >= 15 is 0 Å². The summed E-state index contributed by atoms with van der Waals surface area (Å²) in [4.78, 5) is 13.6. The molecule has 0 aromatic heterocycles. The minimum atomic E-state index is -4.20. The Labute approximate surface area is 347 Å². The Balaban J connectivity index is 3.04. The van der Waals surface area contributed by atoms with E-state index in [0.717, 1.165) is 51.4 Å². The fourth-order valence-corrected chi connectivity index (χ4v) is 8.12. The molecule has 5 unspecified atom stereocenters. The fourth-order valence-electron chi connectivity index (χ4n) is 6.79. The number of methoxy groups -OCH3 is 2. The highest BCUT2D eigenvalue weighted by molar-refractivity contribution is 7.48. The van der Waals surface area contributed by atoms with Crippen LogP contribution in [0.5, 0.6) is 0 Å². The predicted octanol–water partition coefficient (Wildman–Crippen LogP) is 11.5. The SMILES string of the molecule is C=CCOP(=O)(OCC=C)OC1C(COC)OC(O/C=C\C)C(NC(=O)CCCCCCCCC/C=C\CCCCCC)C1OCC[C@@H](CCCCCCC)OC. The van der Waals surface area contributed by atoms with E-state index in [1.807, 2.05) is 6.92 Å². The molecule has 1 amide bonds. The summed E-state index contributed by atoms with van der Waals surface area (Å²) in [6, 6.07) is -0.834. The van der Waals surface area contributed by atoms with Crippen LogP contribution in [0.25, 0.3) is 0 Å². The third kappa shape index (κ3) is 25.4. The van der Waals surface area contributed by atoms with Gasteiger partial charge in [-0.2, -0.15) is 0 Å². The highest BCUT2D eigenvalue weighted by Gasteiger charge is 2.52. The molecule has 1 aliphatic heterocycles. The molecule has 1 aliphatic rings. The van der Waals surface area contributed by atoms with Crippen molar-refractivity contribution in [3.05, 3.63) is 49.8 Å². The van der Waals surface area contributed by atoms with Gasteiger partial charge in [0.2, 0.25) is 12.2 Å². The number of ether oxygens (including phenoxy) is 5. The molecule has 0 saturated carbocycles. The molecule has 0 aromatic rings. The second kappa shape index (κ2) is 36.1. The standard InChI is InChI=1S/C45H82NO10P/c1-8-13-15-17-18-19-20-21-22-23-24-25-26-28-30-32-41(47)46-42-44(51-37-33-39(50-7)31-29-27-16-14-9-2)43(40(38-49-6)55-45(42)52-34-10-3)56-57(48,53-35-11-4)54-36-12-5/h10-12,19-20,34,39-40,42-45H,4-5,8-9,13-18,21-33,35-38H2,1-3,6-7H3,(H,46,47)/b20-19-,34-10-/t39-,40?,42?,43?,44?,45?/m1/s1. The molecular weight excluding hydrogens is 745 g/mol. The number of rotatable bonds is 39. The molecule has 12 heteroatoms. The number of amides is 1. The molecule has 57 heavy (non-hydrogen) atoms. The summed E-state index contributed by atoms with van der Waals surface area (Å²) in [6.45, 7) is 13.8. The lowest BCUT2D eigenvalue weighted by atomic mass is 9.96. The third-order valence-electron chi connectivity index (χ3n) is 9.98. The molecule has 11 nitrogen and oxygen atoms in total. The summed E-state index contributed by atoms with van der Waals surface area (Å²) in [5.41, 5.74) is 0. The lowest BCUT2D eigenvalue weighted by molar-refractivity contribution is -0.262. The van der Waals surface area contributed by atoms with E-state index in [-0.39, 0.29) is 38.4 Å². The van der Waals surface area contributed by atoms with Gasteiger partial charge >= 0.3 is 7.82 Å². The van der Waals surface area contributed by atoms with Crippen LogP contribution in [0.3, 0.4) is 0 Å². The lowest BCUT2D eigenvalue weighted by Crippen LogP contribution is -2.66. The summed E-state index contributed by atoms with van der Waals surface area (Å²) < 4.78 is 61.8. The fraction of sp³-hybridized carbons (Fsp3) is 0.800. The number of nitrogens with one attached hydrogen (secondary N) is 1. The van der Waals surface area contributed by atoms with Crippen LogP contribution in [-0.2, 0) is 46.6 Å². The molecule has 1 heterocycles. The Kier molecular flexibility index (Phi) is 33.7. The van der Waals surface area contributed by atoms with E-state index in [2.05, 4.69) is 44.5 Å². The van der Waals surface area contributed by atoms with Crippen LogP contribution < -0.4 is 5.32 Å². The van der Waals surface area contributed by atoms with Crippen LogP contribution in [0.15, 0.2) is 49.8 Å². The molecule has 0 bridgehead atoms. The van der Waals surface area contributed by atoms with Crippen LogP contribution in [0.2, 0.25) is 0 Å². The molecule has 1 fully saturated rings. The van der Waals surface area contributed by atoms with Crippen molar-refractivity contribution in [3.63, 3.8) is 0 Å². The normalized spacial score (nSPS) is 20.6. The maximum atomic E-state index is 14.0. The van der Waals surface area contributed by atoms with Gasteiger partial charge in [-0.05, 0) is 51.9 Å². The molecule has 0 aromatic carbocycles. The Hall–Kier alpha value is -1.82. The quantitative estimate of drug-likeness (QED) is 0.0277. The van der Waals surface area contributed by atoms with Gasteiger partial charge in [-0.15, -0.1) is 13.2 Å². The number of unbranched alkanes of at least 4 members (excludes halogenated alkanes) is 15. The van der Waals surface area contributed by atoms with Crippen LogP contribution >= 0.6 is 7.82 Å². The van der Waals surface area contributed by atoms with Gasteiger partial charge in [0.15, 0.2) is 0 Å². The zero-order valence-corrected chi connectivity index (χ0v) is 37.4. The van der Waals surface area contributed by atoms with Gasteiger partial charge in [0.25, 0.3) is 0 Å². The van der Waals surface area contributed by atoms with Gasteiger partial charge in [0.05, 0.1) is 32.2 Å². The molecule has 6 atom stereocenters. The van der Waals surface area contributed by atoms with Crippen LogP contribution in [-0.4, -0.2) is 83.3 Å².